The van der Waals surface area contributed by atoms with Crippen molar-refractivity contribution in [1.82, 2.24) is 0 Å². The van der Waals surface area contributed by atoms with Crippen LogP contribution in [0.1, 0.15) is 38.2 Å². The first-order chi connectivity index (χ1) is 11.3. The van der Waals surface area contributed by atoms with E-state index in [4.69, 9.17) is 0 Å². The molecule has 0 unspecified atom stereocenters. The Morgan fingerprint density at radius 3 is 2.25 bits per heavy atom. The lowest BCUT2D eigenvalue weighted by Crippen LogP contribution is -2.35. The van der Waals surface area contributed by atoms with Crippen LogP contribution >= 0.6 is 0 Å². The SMILES string of the molecule is CC1(c2cc(F)ccc2F)CCC(S(=O)(=O)c2ccccc2)CC1. The molecule has 3 rings (SSSR count). The Bertz CT molecular complexity index is 824. The Hall–Kier alpha value is -1.75. The van der Waals surface area contributed by atoms with Crippen molar-refractivity contribution in [2.24, 2.45) is 0 Å². The molecule has 2 aromatic carbocycles. The predicted molar refractivity (Wildman–Crippen MR) is 89.6 cm³/mol. The molecule has 0 saturated heterocycles. The Morgan fingerprint density at radius 1 is 1.00 bits per heavy atom. The number of benzene rings is 2. The first-order valence-corrected chi connectivity index (χ1v) is 9.62. The third-order valence-corrected chi connectivity index (χ3v) is 7.40. The molecule has 1 saturated carbocycles. The van der Waals surface area contributed by atoms with Gasteiger partial charge in [0.15, 0.2) is 9.84 Å². The monoisotopic (exact) mass is 350 g/mol. The van der Waals surface area contributed by atoms with E-state index in [0.717, 1.165) is 12.1 Å². The van der Waals surface area contributed by atoms with Gasteiger partial charge in [0.2, 0.25) is 0 Å². The Morgan fingerprint density at radius 2 is 1.62 bits per heavy atom. The summed E-state index contributed by atoms with van der Waals surface area (Å²) in [4.78, 5) is 0.329. The Balaban J connectivity index is 1.82. The van der Waals surface area contributed by atoms with Crippen LogP contribution in [-0.4, -0.2) is 13.7 Å². The molecule has 1 aliphatic rings. The zero-order valence-electron chi connectivity index (χ0n) is 13.5. The highest BCUT2D eigenvalue weighted by atomic mass is 32.2. The minimum atomic E-state index is -3.38. The van der Waals surface area contributed by atoms with E-state index < -0.39 is 32.1 Å². The van der Waals surface area contributed by atoms with Crippen LogP contribution in [0.5, 0.6) is 0 Å². The summed E-state index contributed by atoms with van der Waals surface area (Å²) in [5.74, 6) is -0.894. The fourth-order valence-electron chi connectivity index (χ4n) is 3.57. The molecule has 5 heteroatoms. The number of rotatable bonds is 3. The van der Waals surface area contributed by atoms with Crippen LogP contribution in [-0.2, 0) is 15.3 Å². The van der Waals surface area contributed by atoms with E-state index in [9.17, 15) is 17.2 Å². The molecule has 0 radical (unpaired) electrons. The second kappa shape index (κ2) is 6.28. The van der Waals surface area contributed by atoms with E-state index >= 15 is 0 Å². The second-order valence-corrected chi connectivity index (χ2v) is 8.97. The molecule has 0 bridgehead atoms. The molecule has 0 N–H and O–H groups in total. The molecule has 1 aliphatic carbocycles. The lowest BCUT2D eigenvalue weighted by Gasteiger charge is -2.37. The summed E-state index contributed by atoms with van der Waals surface area (Å²) in [6.45, 7) is 1.89. The molecular weight excluding hydrogens is 330 g/mol. The number of sulfone groups is 1. The van der Waals surface area contributed by atoms with Gasteiger partial charge in [0, 0.05) is 0 Å². The molecule has 2 aromatic rings. The number of hydrogen-bond donors (Lipinski definition) is 0. The molecule has 0 atom stereocenters. The van der Waals surface area contributed by atoms with Crippen molar-refractivity contribution < 1.29 is 17.2 Å². The van der Waals surface area contributed by atoms with Crippen molar-refractivity contribution in [2.75, 3.05) is 0 Å². The topological polar surface area (TPSA) is 34.1 Å². The van der Waals surface area contributed by atoms with Crippen LogP contribution in [0.25, 0.3) is 0 Å². The van der Waals surface area contributed by atoms with Gasteiger partial charge in [-0.15, -0.1) is 0 Å². The minimum Gasteiger partial charge on any atom is -0.223 e. The fourth-order valence-corrected chi connectivity index (χ4v) is 5.35. The standard InChI is InChI=1S/C19H20F2O2S/c1-19(17-13-14(20)7-8-18(17)21)11-9-16(10-12-19)24(22,23)15-5-3-2-4-6-15/h2-8,13,16H,9-12H2,1H3. The maximum atomic E-state index is 14.1. The summed E-state index contributed by atoms with van der Waals surface area (Å²) in [6, 6.07) is 11.9. The molecule has 0 spiro atoms. The summed E-state index contributed by atoms with van der Waals surface area (Å²) >= 11 is 0. The molecule has 0 heterocycles. The molecule has 1 fully saturated rings. The second-order valence-electron chi connectivity index (χ2n) is 6.74. The quantitative estimate of drug-likeness (QED) is 0.808. The van der Waals surface area contributed by atoms with Crippen LogP contribution in [0.15, 0.2) is 53.4 Å². The largest absolute Gasteiger partial charge is 0.223 e. The van der Waals surface area contributed by atoms with Crippen LogP contribution in [0, 0.1) is 11.6 Å². The molecule has 24 heavy (non-hydrogen) atoms. The number of hydrogen-bond acceptors (Lipinski definition) is 2. The summed E-state index contributed by atoms with van der Waals surface area (Å²) in [7, 11) is -3.38. The van der Waals surface area contributed by atoms with Crippen LogP contribution in [0.3, 0.4) is 0 Å². The average molecular weight is 350 g/mol. The van der Waals surface area contributed by atoms with Gasteiger partial charge in [0.1, 0.15) is 11.6 Å². The first-order valence-electron chi connectivity index (χ1n) is 8.07. The Kier molecular flexibility index (Phi) is 4.47. The van der Waals surface area contributed by atoms with Crippen molar-refractivity contribution in [3.63, 3.8) is 0 Å². The lowest BCUT2D eigenvalue weighted by molar-refractivity contribution is 0.308. The van der Waals surface area contributed by atoms with Gasteiger partial charge < -0.3 is 0 Å². The van der Waals surface area contributed by atoms with E-state index in [1.165, 1.54) is 6.07 Å². The van der Waals surface area contributed by atoms with E-state index in [1.54, 1.807) is 30.3 Å². The molecule has 128 valence electrons. The van der Waals surface area contributed by atoms with Crippen molar-refractivity contribution in [1.29, 1.82) is 0 Å². The summed E-state index contributed by atoms with van der Waals surface area (Å²) < 4.78 is 53.1. The highest BCUT2D eigenvalue weighted by molar-refractivity contribution is 7.92. The van der Waals surface area contributed by atoms with Crippen LogP contribution < -0.4 is 0 Å². The smallest absolute Gasteiger partial charge is 0.181 e. The Labute approximate surface area is 141 Å². The van der Waals surface area contributed by atoms with Gasteiger partial charge in [-0.05, 0) is 67.0 Å². The highest BCUT2D eigenvalue weighted by Gasteiger charge is 2.39. The van der Waals surface area contributed by atoms with Gasteiger partial charge in [-0.1, -0.05) is 25.1 Å². The van der Waals surface area contributed by atoms with Gasteiger partial charge in [0.05, 0.1) is 10.1 Å². The fraction of sp³-hybridized carbons (Fsp3) is 0.368. The van der Waals surface area contributed by atoms with E-state index in [0.29, 0.717) is 36.1 Å². The van der Waals surface area contributed by atoms with Crippen molar-refractivity contribution in [3.8, 4) is 0 Å². The zero-order chi connectivity index (χ0) is 17.4. The van der Waals surface area contributed by atoms with E-state index in [-0.39, 0.29) is 0 Å². The summed E-state index contributed by atoms with van der Waals surface area (Å²) in [5.41, 5.74) is -0.187. The van der Waals surface area contributed by atoms with Crippen LogP contribution in [0.4, 0.5) is 8.78 Å². The van der Waals surface area contributed by atoms with E-state index in [1.807, 2.05) is 6.92 Å². The van der Waals surface area contributed by atoms with Crippen molar-refractivity contribution >= 4 is 9.84 Å². The lowest BCUT2D eigenvalue weighted by atomic mass is 9.70. The molecule has 0 aromatic heterocycles. The molecule has 0 amide bonds. The van der Waals surface area contributed by atoms with Crippen molar-refractivity contribution in [2.45, 2.75) is 48.2 Å². The summed E-state index contributed by atoms with van der Waals surface area (Å²) in [6.07, 6.45) is 1.93. The van der Waals surface area contributed by atoms with Gasteiger partial charge in [-0.3, -0.25) is 0 Å². The third-order valence-electron chi connectivity index (χ3n) is 5.13. The first kappa shape index (κ1) is 17.1. The molecule has 2 nitrogen and oxygen atoms in total. The van der Waals surface area contributed by atoms with Gasteiger partial charge in [-0.25, -0.2) is 17.2 Å². The van der Waals surface area contributed by atoms with Crippen molar-refractivity contribution in [3.05, 3.63) is 65.7 Å². The molecule has 0 aliphatic heterocycles. The third kappa shape index (κ3) is 3.09. The maximum absolute atomic E-state index is 14.1. The minimum absolute atomic E-state index is 0.329. The van der Waals surface area contributed by atoms with E-state index in [2.05, 4.69) is 0 Å². The number of halogens is 2. The normalized spacial score (nSPS) is 24.7. The van der Waals surface area contributed by atoms with Gasteiger partial charge in [0.25, 0.3) is 0 Å². The predicted octanol–water partition coefficient (Wildman–Crippen LogP) is 4.64. The zero-order valence-corrected chi connectivity index (χ0v) is 14.3. The van der Waals surface area contributed by atoms with Gasteiger partial charge >= 0.3 is 0 Å². The molecular formula is C19H20F2O2S. The van der Waals surface area contributed by atoms with Gasteiger partial charge in [-0.2, -0.15) is 0 Å². The van der Waals surface area contributed by atoms with Crippen LogP contribution in [0.2, 0.25) is 0 Å². The maximum Gasteiger partial charge on any atom is 0.181 e. The average Bonchev–Trinajstić information content (AvgIpc) is 2.58. The summed E-state index contributed by atoms with van der Waals surface area (Å²) in [5, 5.41) is -0.468. The highest BCUT2D eigenvalue weighted by Crippen LogP contribution is 2.43.